The summed E-state index contributed by atoms with van der Waals surface area (Å²) in [7, 11) is 1.36. The Hall–Kier alpha value is -0.830. The Bertz CT molecular complexity index is 240. The van der Waals surface area contributed by atoms with Gasteiger partial charge < -0.3 is 4.74 Å². The summed E-state index contributed by atoms with van der Waals surface area (Å²) in [5, 5.41) is 3.54. The number of hydrogen-bond donors (Lipinski definition) is 0. The monoisotopic (exact) mass is 155 g/mol. The predicted octanol–water partition coefficient (Wildman–Crippen LogP) is 1.72. The van der Waals surface area contributed by atoms with Crippen LogP contribution in [0.2, 0.25) is 0 Å². The first-order valence-electron chi connectivity index (χ1n) is 2.72. The molecule has 0 saturated carbocycles. The molecule has 0 atom stereocenters. The highest BCUT2D eigenvalue weighted by Crippen LogP contribution is 2.13. The lowest BCUT2D eigenvalue weighted by molar-refractivity contribution is 0.0601. The van der Waals surface area contributed by atoms with E-state index >= 15 is 0 Å². The van der Waals surface area contributed by atoms with E-state index in [0.717, 1.165) is 5.56 Å². The third-order valence-corrected chi connectivity index (χ3v) is 1.94. The van der Waals surface area contributed by atoms with Gasteiger partial charge in [0.2, 0.25) is 0 Å². The standard InChI is InChI=1S/C7H7O2S/c1-5-3-10-4-6(5)7(8)9-2/h3-4H,1H2,2H3. The number of thiophene rings is 1. The molecule has 3 heteroatoms. The molecule has 0 spiro atoms. The Labute approximate surface area is 63.4 Å². The molecule has 0 saturated heterocycles. The van der Waals surface area contributed by atoms with Crippen LogP contribution >= 0.6 is 11.3 Å². The number of hydrogen-bond acceptors (Lipinski definition) is 3. The molecule has 1 aromatic rings. The molecule has 0 bridgehead atoms. The zero-order valence-electron chi connectivity index (χ0n) is 5.59. The molecule has 0 aliphatic heterocycles. The molecule has 53 valence electrons. The van der Waals surface area contributed by atoms with Crippen LogP contribution < -0.4 is 0 Å². The highest BCUT2D eigenvalue weighted by molar-refractivity contribution is 7.08. The van der Waals surface area contributed by atoms with Crippen molar-refractivity contribution in [1.29, 1.82) is 0 Å². The van der Waals surface area contributed by atoms with Crippen LogP contribution in [-0.2, 0) is 4.74 Å². The van der Waals surface area contributed by atoms with Gasteiger partial charge in [-0.3, -0.25) is 0 Å². The Morgan fingerprint density at radius 2 is 2.40 bits per heavy atom. The molecule has 1 rings (SSSR count). The Morgan fingerprint density at radius 1 is 1.70 bits per heavy atom. The van der Waals surface area contributed by atoms with Gasteiger partial charge >= 0.3 is 5.97 Å². The minimum Gasteiger partial charge on any atom is -0.465 e. The molecule has 0 fully saturated rings. The van der Waals surface area contributed by atoms with Crippen LogP contribution in [0.15, 0.2) is 10.8 Å². The summed E-state index contributed by atoms with van der Waals surface area (Å²) in [5.41, 5.74) is 1.30. The third kappa shape index (κ3) is 1.19. The van der Waals surface area contributed by atoms with Crippen molar-refractivity contribution in [2.45, 2.75) is 0 Å². The van der Waals surface area contributed by atoms with Crippen molar-refractivity contribution in [2.75, 3.05) is 7.11 Å². The van der Waals surface area contributed by atoms with Crippen molar-refractivity contribution in [3.05, 3.63) is 28.8 Å². The second-order valence-corrected chi connectivity index (χ2v) is 2.55. The molecular weight excluding hydrogens is 148 g/mol. The zero-order chi connectivity index (χ0) is 7.56. The van der Waals surface area contributed by atoms with Crippen LogP contribution in [0.1, 0.15) is 15.9 Å². The molecule has 1 aromatic heterocycles. The van der Waals surface area contributed by atoms with Gasteiger partial charge in [0.25, 0.3) is 0 Å². The van der Waals surface area contributed by atoms with Gasteiger partial charge in [-0.2, -0.15) is 11.3 Å². The van der Waals surface area contributed by atoms with Gasteiger partial charge in [-0.25, -0.2) is 4.79 Å². The quantitative estimate of drug-likeness (QED) is 0.577. The first-order valence-corrected chi connectivity index (χ1v) is 3.66. The molecule has 2 nitrogen and oxygen atoms in total. The molecule has 0 amide bonds. The summed E-state index contributed by atoms with van der Waals surface area (Å²) in [6, 6.07) is 0. The topological polar surface area (TPSA) is 26.3 Å². The highest BCUT2D eigenvalue weighted by atomic mass is 32.1. The molecule has 0 aromatic carbocycles. The van der Waals surface area contributed by atoms with Crippen molar-refractivity contribution >= 4 is 17.3 Å². The first-order chi connectivity index (χ1) is 4.75. The largest absolute Gasteiger partial charge is 0.465 e. The normalized spacial score (nSPS) is 9.40. The summed E-state index contributed by atoms with van der Waals surface area (Å²) in [6.07, 6.45) is 0. The lowest BCUT2D eigenvalue weighted by Gasteiger charge is -1.94. The number of esters is 1. The number of carbonyl (C=O) groups is 1. The Morgan fingerprint density at radius 3 is 2.80 bits per heavy atom. The van der Waals surface area contributed by atoms with E-state index in [-0.39, 0.29) is 5.97 Å². The maximum Gasteiger partial charge on any atom is 0.338 e. The molecule has 0 N–H and O–H groups in total. The summed E-state index contributed by atoms with van der Waals surface area (Å²) in [4.78, 5) is 10.8. The Balaban J connectivity index is 2.93. The van der Waals surface area contributed by atoms with E-state index in [1.807, 2.05) is 5.38 Å². The van der Waals surface area contributed by atoms with Crippen molar-refractivity contribution in [2.24, 2.45) is 0 Å². The smallest absolute Gasteiger partial charge is 0.338 e. The van der Waals surface area contributed by atoms with Crippen LogP contribution in [0, 0.1) is 6.92 Å². The number of ether oxygens (including phenoxy) is 1. The highest BCUT2D eigenvalue weighted by Gasteiger charge is 2.08. The van der Waals surface area contributed by atoms with Crippen molar-refractivity contribution in [3.63, 3.8) is 0 Å². The van der Waals surface area contributed by atoms with Gasteiger partial charge in [0.15, 0.2) is 0 Å². The van der Waals surface area contributed by atoms with E-state index in [1.165, 1.54) is 18.4 Å². The van der Waals surface area contributed by atoms with Crippen LogP contribution in [0.25, 0.3) is 0 Å². The van der Waals surface area contributed by atoms with E-state index in [4.69, 9.17) is 0 Å². The molecule has 0 aliphatic carbocycles. The first kappa shape index (κ1) is 7.28. The van der Waals surface area contributed by atoms with Gasteiger partial charge in [0.05, 0.1) is 12.7 Å². The maximum atomic E-state index is 10.8. The summed E-state index contributed by atoms with van der Waals surface area (Å²) in [6.45, 7) is 3.66. The van der Waals surface area contributed by atoms with Crippen molar-refractivity contribution in [3.8, 4) is 0 Å². The maximum absolute atomic E-state index is 10.8. The lowest BCUT2D eigenvalue weighted by Crippen LogP contribution is -2.00. The fourth-order valence-electron chi connectivity index (χ4n) is 0.613. The Kier molecular flexibility index (Phi) is 2.06. The van der Waals surface area contributed by atoms with E-state index in [0.29, 0.717) is 5.56 Å². The average molecular weight is 155 g/mol. The summed E-state index contributed by atoms with van der Waals surface area (Å²) in [5.74, 6) is -0.314. The molecule has 1 heterocycles. The minimum atomic E-state index is -0.314. The molecular formula is C7H7O2S. The van der Waals surface area contributed by atoms with E-state index in [1.54, 1.807) is 5.38 Å². The zero-order valence-corrected chi connectivity index (χ0v) is 6.40. The molecule has 1 radical (unpaired) electrons. The van der Waals surface area contributed by atoms with Crippen LogP contribution in [0.5, 0.6) is 0 Å². The van der Waals surface area contributed by atoms with Crippen molar-refractivity contribution < 1.29 is 9.53 Å². The minimum absolute atomic E-state index is 0.314. The predicted molar refractivity (Wildman–Crippen MR) is 40.1 cm³/mol. The van der Waals surface area contributed by atoms with Gasteiger partial charge in [0, 0.05) is 5.38 Å². The fourth-order valence-corrected chi connectivity index (χ4v) is 1.36. The van der Waals surface area contributed by atoms with Crippen LogP contribution in [0.3, 0.4) is 0 Å². The molecule has 0 aliphatic rings. The van der Waals surface area contributed by atoms with E-state index in [9.17, 15) is 4.79 Å². The molecule has 0 unspecified atom stereocenters. The average Bonchev–Trinajstić information content (AvgIpc) is 2.34. The van der Waals surface area contributed by atoms with Gasteiger partial charge in [-0.1, -0.05) is 0 Å². The van der Waals surface area contributed by atoms with Gasteiger partial charge in [0.1, 0.15) is 0 Å². The number of rotatable bonds is 1. The lowest BCUT2D eigenvalue weighted by atomic mass is 10.2. The summed E-state index contributed by atoms with van der Waals surface area (Å²) >= 11 is 1.45. The van der Waals surface area contributed by atoms with Crippen LogP contribution in [0.4, 0.5) is 0 Å². The number of carbonyl (C=O) groups excluding carboxylic acids is 1. The SMILES string of the molecule is [CH2]c1cscc1C(=O)OC. The fraction of sp³-hybridized carbons (Fsp3) is 0.143. The summed E-state index contributed by atoms with van der Waals surface area (Å²) < 4.78 is 4.50. The van der Waals surface area contributed by atoms with E-state index in [2.05, 4.69) is 11.7 Å². The second kappa shape index (κ2) is 2.84. The van der Waals surface area contributed by atoms with Crippen molar-refractivity contribution in [1.82, 2.24) is 0 Å². The van der Waals surface area contributed by atoms with Gasteiger partial charge in [-0.05, 0) is 17.9 Å². The van der Waals surface area contributed by atoms with Crippen LogP contribution in [-0.4, -0.2) is 13.1 Å². The molecule has 10 heavy (non-hydrogen) atoms. The third-order valence-electron chi connectivity index (χ3n) is 1.15. The van der Waals surface area contributed by atoms with E-state index < -0.39 is 0 Å². The second-order valence-electron chi connectivity index (χ2n) is 1.80. The number of methoxy groups -OCH3 is 1. The van der Waals surface area contributed by atoms with Gasteiger partial charge in [-0.15, -0.1) is 0 Å².